The van der Waals surface area contributed by atoms with Gasteiger partial charge in [0.15, 0.2) is 0 Å². The zero-order valence-corrected chi connectivity index (χ0v) is 17.0. The van der Waals surface area contributed by atoms with Crippen molar-refractivity contribution in [1.29, 1.82) is 0 Å². The Morgan fingerprint density at radius 3 is 2.37 bits per heavy atom. The quantitative estimate of drug-likeness (QED) is 0.697. The van der Waals surface area contributed by atoms with Crippen molar-refractivity contribution in [1.82, 2.24) is 9.80 Å². The third-order valence-corrected chi connectivity index (χ3v) is 5.73. The Morgan fingerprint density at radius 2 is 1.70 bits per heavy atom. The van der Waals surface area contributed by atoms with Crippen LogP contribution >= 0.6 is 27.5 Å². The van der Waals surface area contributed by atoms with Crippen LogP contribution in [0.1, 0.15) is 22.3 Å². The van der Waals surface area contributed by atoms with Crippen LogP contribution in [0.15, 0.2) is 46.9 Å². The fraction of sp³-hybridized carbons (Fsp3) is 0.300. The highest BCUT2D eigenvalue weighted by Gasteiger charge is 2.25. The number of rotatable bonds is 4. The largest absolute Gasteiger partial charge is 0.339 e. The molecule has 1 aliphatic heterocycles. The van der Waals surface area contributed by atoms with E-state index in [2.05, 4.69) is 15.9 Å². The van der Waals surface area contributed by atoms with E-state index in [0.717, 1.165) is 16.1 Å². The summed E-state index contributed by atoms with van der Waals surface area (Å²) in [5, 5.41) is 0.104. The van der Waals surface area contributed by atoms with Gasteiger partial charge >= 0.3 is 0 Å². The maximum Gasteiger partial charge on any atom is 0.255 e. The molecule has 27 heavy (non-hydrogen) atoms. The second-order valence-electron chi connectivity index (χ2n) is 6.39. The lowest BCUT2D eigenvalue weighted by Crippen LogP contribution is -2.50. The topological polar surface area (TPSA) is 40.6 Å². The standard InChI is InChI=1S/C20H19BrClFN2O2/c21-17-4-2-1-3-14(17)5-8-19(26)24-9-11-25(12-10-24)20(27)16-7-6-15(23)13-18(16)22/h1-4,6-7,13H,5,8-12H2. The number of hydrogen-bond donors (Lipinski definition) is 0. The van der Waals surface area contributed by atoms with Crippen LogP contribution in [0.2, 0.25) is 5.02 Å². The van der Waals surface area contributed by atoms with Crippen molar-refractivity contribution in [2.75, 3.05) is 26.2 Å². The molecule has 1 heterocycles. The van der Waals surface area contributed by atoms with Crippen molar-refractivity contribution in [3.63, 3.8) is 0 Å². The fourth-order valence-corrected chi connectivity index (χ4v) is 3.82. The van der Waals surface area contributed by atoms with Gasteiger partial charge in [0.05, 0.1) is 10.6 Å². The van der Waals surface area contributed by atoms with Gasteiger partial charge in [-0.05, 0) is 36.2 Å². The predicted molar refractivity (Wildman–Crippen MR) is 106 cm³/mol. The molecule has 1 saturated heterocycles. The van der Waals surface area contributed by atoms with Gasteiger partial charge in [0.25, 0.3) is 5.91 Å². The molecule has 1 fully saturated rings. The summed E-state index contributed by atoms with van der Waals surface area (Å²) in [6.45, 7) is 1.85. The molecule has 2 aromatic carbocycles. The minimum Gasteiger partial charge on any atom is -0.339 e. The second kappa shape index (κ2) is 8.85. The lowest BCUT2D eigenvalue weighted by atomic mass is 10.1. The molecule has 0 atom stereocenters. The third-order valence-electron chi connectivity index (χ3n) is 4.65. The lowest BCUT2D eigenvalue weighted by Gasteiger charge is -2.35. The van der Waals surface area contributed by atoms with E-state index in [0.29, 0.717) is 39.0 Å². The molecular formula is C20H19BrClFN2O2. The second-order valence-corrected chi connectivity index (χ2v) is 7.65. The summed E-state index contributed by atoms with van der Waals surface area (Å²) in [6.07, 6.45) is 1.10. The molecule has 2 aromatic rings. The van der Waals surface area contributed by atoms with Crippen LogP contribution in [0.5, 0.6) is 0 Å². The van der Waals surface area contributed by atoms with Gasteiger partial charge < -0.3 is 9.80 Å². The number of carbonyl (C=O) groups is 2. The van der Waals surface area contributed by atoms with Gasteiger partial charge in [-0.1, -0.05) is 45.7 Å². The first kappa shape index (κ1) is 19.8. The zero-order chi connectivity index (χ0) is 19.4. The maximum atomic E-state index is 13.2. The predicted octanol–water partition coefficient (Wildman–Crippen LogP) is 4.16. The molecular weight excluding hydrogens is 435 g/mol. The smallest absolute Gasteiger partial charge is 0.255 e. The molecule has 0 aliphatic carbocycles. The Kier molecular flexibility index (Phi) is 6.50. The van der Waals surface area contributed by atoms with Crippen molar-refractivity contribution >= 4 is 39.3 Å². The van der Waals surface area contributed by atoms with E-state index < -0.39 is 5.82 Å². The van der Waals surface area contributed by atoms with Gasteiger partial charge in [0.2, 0.25) is 5.91 Å². The number of aryl methyl sites for hydroxylation is 1. The minimum atomic E-state index is -0.475. The van der Waals surface area contributed by atoms with Crippen molar-refractivity contribution in [3.05, 3.63) is 68.9 Å². The van der Waals surface area contributed by atoms with E-state index in [4.69, 9.17) is 11.6 Å². The van der Waals surface area contributed by atoms with Crippen LogP contribution in [-0.4, -0.2) is 47.8 Å². The lowest BCUT2D eigenvalue weighted by molar-refractivity contribution is -0.132. The van der Waals surface area contributed by atoms with Crippen molar-refractivity contribution < 1.29 is 14.0 Å². The maximum absolute atomic E-state index is 13.2. The molecule has 4 nitrogen and oxygen atoms in total. The molecule has 3 rings (SSSR count). The molecule has 0 bridgehead atoms. The number of amides is 2. The average Bonchev–Trinajstić information content (AvgIpc) is 2.67. The number of benzene rings is 2. The van der Waals surface area contributed by atoms with Gasteiger partial charge in [0, 0.05) is 37.1 Å². The molecule has 2 amide bonds. The van der Waals surface area contributed by atoms with E-state index in [-0.39, 0.29) is 22.4 Å². The third kappa shape index (κ3) is 4.87. The molecule has 0 aromatic heterocycles. The van der Waals surface area contributed by atoms with Crippen molar-refractivity contribution in [2.45, 2.75) is 12.8 Å². The van der Waals surface area contributed by atoms with Gasteiger partial charge in [-0.25, -0.2) is 4.39 Å². The van der Waals surface area contributed by atoms with Crippen molar-refractivity contribution in [2.24, 2.45) is 0 Å². The van der Waals surface area contributed by atoms with Gasteiger partial charge in [-0.3, -0.25) is 9.59 Å². The summed E-state index contributed by atoms with van der Waals surface area (Å²) in [4.78, 5) is 28.5. The monoisotopic (exact) mass is 452 g/mol. The number of halogens is 3. The highest BCUT2D eigenvalue weighted by atomic mass is 79.9. The summed E-state index contributed by atoms with van der Waals surface area (Å²) in [5.74, 6) is -0.630. The average molecular weight is 454 g/mol. The Balaban J connectivity index is 1.53. The Bertz CT molecular complexity index is 854. The first-order valence-electron chi connectivity index (χ1n) is 8.71. The molecule has 0 spiro atoms. The van der Waals surface area contributed by atoms with Crippen LogP contribution in [0.4, 0.5) is 4.39 Å². The minimum absolute atomic E-state index is 0.0812. The summed E-state index contributed by atoms with van der Waals surface area (Å²) in [5.41, 5.74) is 1.39. The van der Waals surface area contributed by atoms with Crippen LogP contribution in [-0.2, 0) is 11.2 Å². The van der Waals surface area contributed by atoms with Crippen LogP contribution in [0, 0.1) is 5.82 Å². The first-order chi connectivity index (χ1) is 13.0. The Hall–Kier alpha value is -1.92. The Labute approximate surface area is 171 Å². The molecule has 7 heteroatoms. The summed E-state index contributed by atoms with van der Waals surface area (Å²) < 4.78 is 14.2. The van der Waals surface area contributed by atoms with Crippen LogP contribution in [0.25, 0.3) is 0 Å². The normalized spacial score (nSPS) is 14.3. The van der Waals surface area contributed by atoms with E-state index in [1.165, 1.54) is 12.1 Å². The number of piperazine rings is 1. The molecule has 0 unspecified atom stereocenters. The van der Waals surface area contributed by atoms with E-state index in [9.17, 15) is 14.0 Å². The fourth-order valence-electron chi connectivity index (χ4n) is 3.09. The van der Waals surface area contributed by atoms with Gasteiger partial charge in [0.1, 0.15) is 5.82 Å². The molecule has 0 radical (unpaired) electrons. The Morgan fingerprint density at radius 1 is 1.04 bits per heavy atom. The highest BCUT2D eigenvalue weighted by molar-refractivity contribution is 9.10. The summed E-state index contributed by atoms with van der Waals surface area (Å²) in [6, 6.07) is 11.6. The highest BCUT2D eigenvalue weighted by Crippen LogP contribution is 2.21. The van der Waals surface area contributed by atoms with E-state index in [1.54, 1.807) is 9.80 Å². The molecule has 0 saturated carbocycles. The van der Waals surface area contributed by atoms with Crippen LogP contribution in [0.3, 0.4) is 0 Å². The molecule has 1 aliphatic rings. The number of nitrogens with zero attached hydrogens (tertiary/aromatic N) is 2. The van der Waals surface area contributed by atoms with Crippen LogP contribution < -0.4 is 0 Å². The number of carbonyl (C=O) groups excluding carboxylic acids is 2. The van der Waals surface area contributed by atoms with Gasteiger partial charge in [-0.2, -0.15) is 0 Å². The van der Waals surface area contributed by atoms with E-state index in [1.807, 2.05) is 24.3 Å². The summed E-state index contributed by atoms with van der Waals surface area (Å²) >= 11 is 9.47. The number of hydrogen-bond acceptors (Lipinski definition) is 2. The SMILES string of the molecule is O=C(CCc1ccccc1Br)N1CCN(C(=O)c2ccc(F)cc2Cl)CC1. The van der Waals surface area contributed by atoms with Gasteiger partial charge in [-0.15, -0.1) is 0 Å². The zero-order valence-electron chi connectivity index (χ0n) is 14.6. The van der Waals surface area contributed by atoms with Crippen molar-refractivity contribution in [3.8, 4) is 0 Å². The van der Waals surface area contributed by atoms with E-state index >= 15 is 0 Å². The first-order valence-corrected chi connectivity index (χ1v) is 9.88. The molecule has 0 N–H and O–H groups in total. The summed E-state index contributed by atoms with van der Waals surface area (Å²) in [7, 11) is 0. The molecule has 142 valence electrons.